The summed E-state index contributed by atoms with van der Waals surface area (Å²) in [5, 5.41) is 9.72. The molecule has 0 amide bonds. The highest BCUT2D eigenvalue weighted by Gasteiger charge is 2.16. The summed E-state index contributed by atoms with van der Waals surface area (Å²) < 4.78 is 31.3. The van der Waals surface area contributed by atoms with Crippen molar-refractivity contribution >= 4 is 21.0 Å². The summed E-state index contributed by atoms with van der Waals surface area (Å²) in [6.45, 7) is 1.74. The van der Waals surface area contributed by atoms with E-state index in [1.807, 2.05) is 0 Å². The van der Waals surface area contributed by atoms with Crippen LogP contribution in [0, 0.1) is 6.92 Å². The van der Waals surface area contributed by atoms with Crippen molar-refractivity contribution in [1.29, 1.82) is 0 Å². The van der Waals surface area contributed by atoms with Crippen LogP contribution in [-0.4, -0.2) is 23.1 Å². The summed E-state index contributed by atoms with van der Waals surface area (Å²) >= 11 is 0. The van der Waals surface area contributed by atoms with Crippen molar-refractivity contribution in [1.82, 2.24) is 4.98 Å². The van der Waals surface area contributed by atoms with E-state index in [1.54, 1.807) is 13.0 Å². The van der Waals surface area contributed by atoms with Crippen molar-refractivity contribution in [3.8, 4) is 5.75 Å². The maximum absolute atomic E-state index is 11.1. The number of hydrogen-bond acceptors (Lipinski definition) is 4. The van der Waals surface area contributed by atoms with Gasteiger partial charge < -0.3 is 5.11 Å². The van der Waals surface area contributed by atoms with Gasteiger partial charge in [0.05, 0.1) is 0 Å². The van der Waals surface area contributed by atoms with E-state index >= 15 is 0 Å². The number of aromatic hydroxyl groups is 1. The summed E-state index contributed by atoms with van der Waals surface area (Å²) in [6.07, 6.45) is 1.51. The molecule has 2 rings (SSSR count). The van der Waals surface area contributed by atoms with Gasteiger partial charge in [-0.3, -0.25) is 9.54 Å². The number of aromatic nitrogens is 1. The van der Waals surface area contributed by atoms with Gasteiger partial charge in [-0.15, -0.1) is 0 Å². The Balaban J connectivity index is 2.98. The van der Waals surface area contributed by atoms with Crippen molar-refractivity contribution in [3.63, 3.8) is 0 Å². The molecule has 0 aliphatic heterocycles. The highest BCUT2D eigenvalue weighted by molar-refractivity contribution is 7.86. The van der Waals surface area contributed by atoms with Crippen molar-refractivity contribution < 1.29 is 18.1 Å². The van der Waals surface area contributed by atoms with E-state index in [4.69, 9.17) is 4.55 Å². The first-order valence-corrected chi connectivity index (χ1v) is 5.89. The first-order valence-electron chi connectivity index (χ1n) is 4.45. The van der Waals surface area contributed by atoms with Gasteiger partial charge in [-0.1, -0.05) is 0 Å². The summed E-state index contributed by atoms with van der Waals surface area (Å²) in [6, 6.07) is 3.88. The number of aryl methyl sites for hydroxylation is 1. The molecule has 0 saturated heterocycles. The molecule has 6 heteroatoms. The molecule has 0 aliphatic carbocycles. The number of phenolic OH excluding ortho intramolecular Hbond substituents is 1. The van der Waals surface area contributed by atoms with Gasteiger partial charge in [0.2, 0.25) is 0 Å². The lowest BCUT2D eigenvalue weighted by atomic mass is 10.1. The molecule has 1 aromatic carbocycles. The maximum atomic E-state index is 11.1. The van der Waals surface area contributed by atoms with E-state index in [2.05, 4.69) is 4.98 Å². The molecule has 5 nitrogen and oxygen atoms in total. The molecule has 1 heterocycles. The number of benzene rings is 1. The van der Waals surface area contributed by atoms with E-state index in [-0.39, 0.29) is 21.5 Å². The fourth-order valence-corrected chi connectivity index (χ4v) is 2.18. The van der Waals surface area contributed by atoms with E-state index in [0.29, 0.717) is 0 Å². The minimum Gasteiger partial charge on any atom is -0.506 e. The van der Waals surface area contributed by atoms with Gasteiger partial charge in [0.25, 0.3) is 10.1 Å². The van der Waals surface area contributed by atoms with Crippen molar-refractivity contribution in [2.75, 3.05) is 0 Å². The van der Waals surface area contributed by atoms with E-state index in [1.165, 1.54) is 12.3 Å². The number of nitrogens with zero attached hydrogens (tertiary/aromatic N) is 1. The first kappa shape index (κ1) is 10.8. The van der Waals surface area contributed by atoms with Gasteiger partial charge in [0.15, 0.2) is 0 Å². The van der Waals surface area contributed by atoms with Crippen LogP contribution < -0.4 is 0 Å². The van der Waals surface area contributed by atoms with Gasteiger partial charge in [-0.05, 0) is 30.7 Å². The molecule has 2 aromatic rings. The fraction of sp³-hybridized carbons (Fsp3) is 0.100. The Kier molecular flexibility index (Phi) is 2.32. The van der Waals surface area contributed by atoms with Crippen LogP contribution in [0.15, 0.2) is 29.3 Å². The number of fused-ring (bicyclic) bond motifs is 1. The van der Waals surface area contributed by atoms with Crippen LogP contribution in [0.25, 0.3) is 10.9 Å². The Labute approximate surface area is 92.1 Å². The number of phenols is 1. The van der Waals surface area contributed by atoms with Crippen LogP contribution in [0.1, 0.15) is 5.56 Å². The van der Waals surface area contributed by atoms with E-state index in [0.717, 1.165) is 11.6 Å². The van der Waals surface area contributed by atoms with Crippen molar-refractivity contribution in [3.05, 3.63) is 30.0 Å². The number of hydrogen-bond donors (Lipinski definition) is 2. The average molecular weight is 239 g/mol. The lowest BCUT2D eigenvalue weighted by molar-refractivity contribution is 0.478. The van der Waals surface area contributed by atoms with Gasteiger partial charge in [0.1, 0.15) is 16.2 Å². The molecule has 0 spiro atoms. The van der Waals surface area contributed by atoms with Gasteiger partial charge >= 0.3 is 0 Å². The van der Waals surface area contributed by atoms with Crippen LogP contribution in [-0.2, 0) is 10.1 Å². The summed E-state index contributed by atoms with van der Waals surface area (Å²) in [5.41, 5.74) is 0.892. The zero-order chi connectivity index (χ0) is 11.9. The largest absolute Gasteiger partial charge is 0.506 e. The fourth-order valence-electron chi connectivity index (χ4n) is 1.51. The monoisotopic (exact) mass is 239 g/mol. The third kappa shape index (κ3) is 1.72. The minimum absolute atomic E-state index is 0.123. The maximum Gasteiger partial charge on any atom is 0.295 e. The van der Waals surface area contributed by atoms with Crippen molar-refractivity contribution in [2.45, 2.75) is 11.8 Å². The second-order valence-corrected chi connectivity index (χ2v) is 4.86. The standard InChI is InChI=1S/C10H9NO4S/c1-6-4-7-9(16(13,14)15)3-2-8(12)10(7)11-5-6/h2-5,12H,1H3,(H,13,14,15). The SMILES string of the molecule is Cc1cnc2c(O)ccc(S(=O)(=O)O)c2c1. The summed E-state index contributed by atoms with van der Waals surface area (Å²) in [5.74, 6) is -0.123. The van der Waals surface area contributed by atoms with Crippen LogP contribution in [0.2, 0.25) is 0 Å². The summed E-state index contributed by atoms with van der Waals surface area (Å²) in [7, 11) is -4.31. The van der Waals surface area contributed by atoms with E-state index in [9.17, 15) is 13.5 Å². The Bertz CT molecular complexity index is 664. The lowest BCUT2D eigenvalue weighted by Crippen LogP contribution is -1.99. The molecule has 1 aromatic heterocycles. The Morgan fingerprint density at radius 3 is 2.62 bits per heavy atom. The first-order chi connectivity index (χ1) is 7.39. The molecule has 16 heavy (non-hydrogen) atoms. The molecule has 2 N–H and O–H groups in total. The van der Waals surface area contributed by atoms with Gasteiger partial charge in [0, 0.05) is 11.6 Å². The number of pyridine rings is 1. The van der Waals surface area contributed by atoms with Crippen LogP contribution in [0.5, 0.6) is 5.75 Å². The molecular weight excluding hydrogens is 230 g/mol. The Morgan fingerprint density at radius 2 is 2.00 bits per heavy atom. The summed E-state index contributed by atoms with van der Waals surface area (Å²) in [4.78, 5) is 3.68. The molecule has 0 aliphatic rings. The quantitative estimate of drug-likeness (QED) is 0.736. The zero-order valence-electron chi connectivity index (χ0n) is 8.38. The van der Waals surface area contributed by atoms with Crippen LogP contribution in [0.3, 0.4) is 0 Å². The molecule has 0 fully saturated rings. The highest BCUT2D eigenvalue weighted by atomic mass is 32.2. The molecule has 0 unspecified atom stereocenters. The van der Waals surface area contributed by atoms with Crippen LogP contribution >= 0.6 is 0 Å². The second kappa shape index (κ2) is 3.43. The van der Waals surface area contributed by atoms with Gasteiger partial charge in [-0.25, -0.2) is 0 Å². The third-order valence-corrected chi connectivity index (χ3v) is 3.11. The predicted octanol–water partition coefficient (Wildman–Crippen LogP) is 1.50. The van der Waals surface area contributed by atoms with Crippen LogP contribution in [0.4, 0.5) is 0 Å². The molecule has 0 radical (unpaired) electrons. The zero-order valence-corrected chi connectivity index (χ0v) is 9.19. The third-order valence-electron chi connectivity index (χ3n) is 2.20. The molecule has 0 saturated carbocycles. The molecule has 0 atom stereocenters. The molecular formula is C10H9NO4S. The molecule has 84 valence electrons. The predicted molar refractivity (Wildman–Crippen MR) is 58.0 cm³/mol. The normalized spacial score (nSPS) is 11.9. The molecule has 0 bridgehead atoms. The highest BCUT2D eigenvalue weighted by Crippen LogP contribution is 2.28. The van der Waals surface area contributed by atoms with E-state index < -0.39 is 10.1 Å². The average Bonchev–Trinajstić information content (AvgIpc) is 2.15. The second-order valence-electron chi connectivity index (χ2n) is 3.47. The van der Waals surface area contributed by atoms with Gasteiger partial charge in [-0.2, -0.15) is 8.42 Å². The topological polar surface area (TPSA) is 87.5 Å². The lowest BCUT2D eigenvalue weighted by Gasteiger charge is -2.05. The number of rotatable bonds is 1. The smallest absolute Gasteiger partial charge is 0.295 e. The minimum atomic E-state index is -4.31. The Morgan fingerprint density at radius 1 is 1.31 bits per heavy atom. The van der Waals surface area contributed by atoms with Crippen molar-refractivity contribution in [2.24, 2.45) is 0 Å². The Hall–Kier alpha value is -1.66.